The molecule has 28 heavy (non-hydrogen) atoms. The second-order valence-corrected chi connectivity index (χ2v) is 7.03. The predicted octanol–water partition coefficient (Wildman–Crippen LogP) is 4.07. The molecule has 0 spiro atoms. The van der Waals surface area contributed by atoms with Crippen molar-refractivity contribution in [3.05, 3.63) is 57.6 Å². The van der Waals surface area contributed by atoms with Gasteiger partial charge in [-0.15, -0.1) is 0 Å². The lowest BCUT2D eigenvalue weighted by Crippen LogP contribution is -2.38. The number of aryl methyl sites for hydroxylation is 1. The molecule has 2 amide bonds. The van der Waals surface area contributed by atoms with Crippen LogP contribution in [0.2, 0.25) is 10.0 Å². The molecule has 0 fully saturated rings. The van der Waals surface area contributed by atoms with Gasteiger partial charge in [0.1, 0.15) is 6.07 Å². The van der Waals surface area contributed by atoms with E-state index in [4.69, 9.17) is 28.5 Å². The maximum Gasteiger partial charge on any atom is 0.238 e. The van der Waals surface area contributed by atoms with Crippen LogP contribution < -0.4 is 10.6 Å². The van der Waals surface area contributed by atoms with Crippen molar-refractivity contribution >= 4 is 46.4 Å². The zero-order chi connectivity index (χ0) is 20.7. The number of hydrogen-bond acceptors (Lipinski definition) is 4. The summed E-state index contributed by atoms with van der Waals surface area (Å²) in [5.74, 6) is -0.590. The first kappa shape index (κ1) is 21.7. The van der Waals surface area contributed by atoms with E-state index in [0.717, 1.165) is 5.56 Å². The molecule has 0 unspecified atom stereocenters. The summed E-state index contributed by atoms with van der Waals surface area (Å²) in [6, 6.07) is 11.9. The summed E-state index contributed by atoms with van der Waals surface area (Å²) >= 11 is 11.9. The van der Waals surface area contributed by atoms with Crippen LogP contribution in [0.25, 0.3) is 0 Å². The van der Waals surface area contributed by atoms with Crippen LogP contribution in [-0.2, 0) is 9.59 Å². The van der Waals surface area contributed by atoms with Crippen LogP contribution in [0.5, 0.6) is 0 Å². The van der Waals surface area contributed by atoms with Gasteiger partial charge in [-0.1, -0.05) is 36.2 Å². The minimum absolute atomic E-state index is 0.00414. The Bertz CT molecular complexity index is 925. The van der Waals surface area contributed by atoms with Crippen LogP contribution in [0, 0.1) is 18.3 Å². The Kier molecular flexibility index (Phi) is 7.82. The van der Waals surface area contributed by atoms with Gasteiger partial charge in [0.2, 0.25) is 11.8 Å². The van der Waals surface area contributed by atoms with Crippen LogP contribution in [0.1, 0.15) is 18.1 Å². The maximum atomic E-state index is 12.3. The molecule has 2 N–H and O–H groups in total. The molecule has 0 aliphatic heterocycles. The Balaban J connectivity index is 1.97. The topological polar surface area (TPSA) is 85.2 Å². The van der Waals surface area contributed by atoms with Crippen molar-refractivity contribution in [1.29, 1.82) is 5.26 Å². The Morgan fingerprint density at radius 1 is 1.00 bits per heavy atom. The normalized spacial score (nSPS) is 10.4. The second-order valence-electron chi connectivity index (χ2n) is 6.16. The number of anilines is 2. The molecule has 8 heteroatoms. The summed E-state index contributed by atoms with van der Waals surface area (Å²) < 4.78 is 0. The number of amides is 2. The zero-order valence-corrected chi connectivity index (χ0v) is 17.1. The third kappa shape index (κ3) is 6.24. The fourth-order valence-electron chi connectivity index (χ4n) is 2.51. The number of nitrogens with one attached hydrogen (secondary N) is 2. The Labute approximate surface area is 174 Å². The lowest BCUT2D eigenvalue weighted by atomic mass is 10.2. The number of carbonyl (C=O) groups is 2. The van der Waals surface area contributed by atoms with Crippen molar-refractivity contribution in [3.8, 4) is 6.07 Å². The number of hydrogen-bond donors (Lipinski definition) is 2. The quantitative estimate of drug-likeness (QED) is 0.709. The van der Waals surface area contributed by atoms with Gasteiger partial charge in [-0.05, 0) is 49.4 Å². The number of nitrogens with zero attached hydrogens (tertiary/aromatic N) is 2. The zero-order valence-electron chi connectivity index (χ0n) is 15.6. The number of likely N-dealkylation sites (N-methyl/N-ethyl adjacent to an activating group) is 1. The van der Waals surface area contributed by atoms with Crippen molar-refractivity contribution in [2.24, 2.45) is 0 Å². The highest BCUT2D eigenvalue weighted by Gasteiger charge is 2.15. The molecule has 0 radical (unpaired) electrons. The molecule has 0 heterocycles. The Morgan fingerprint density at radius 2 is 1.54 bits per heavy atom. The number of halogens is 2. The van der Waals surface area contributed by atoms with Crippen LogP contribution >= 0.6 is 23.2 Å². The lowest BCUT2D eigenvalue weighted by molar-refractivity contribution is -0.119. The van der Waals surface area contributed by atoms with Gasteiger partial charge in [0, 0.05) is 15.7 Å². The van der Waals surface area contributed by atoms with Gasteiger partial charge >= 0.3 is 0 Å². The maximum absolute atomic E-state index is 12.3. The van der Waals surface area contributed by atoms with Gasteiger partial charge in [-0.25, -0.2) is 0 Å². The van der Waals surface area contributed by atoms with E-state index < -0.39 is 0 Å². The summed E-state index contributed by atoms with van der Waals surface area (Å²) in [6.45, 7) is 4.25. The monoisotopic (exact) mass is 418 g/mol. The van der Waals surface area contributed by atoms with Crippen LogP contribution in [-0.4, -0.2) is 36.3 Å². The second kappa shape index (κ2) is 10.1. The largest absolute Gasteiger partial charge is 0.325 e. The average Bonchev–Trinajstić information content (AvgIpc) is 2.64. The predicted molar refractivity (Wildman–Crippen MR) is 112 cm³/mol. The highest BCUT2D eigenvalue weighted by molar-refractivity contribution is 6.31. The van der Waals surface area contributed by atoms with E-state index in [2.05, 4.69) is 10.6 Å². The first-order chi connectivity index (χ1) is 13.3. The molecule has 146 valence electrons. The van der Waals surface area contributed by atoms with Crippen LogP contribution in [0.15, 0.2) is 36.4 Å². The minimum atomic E-state index is -0.340. The standard InChI is InChI=1S/C20H20Cl2N4O2/c1-3-26(11-19(27)24-17-8-15(21)6-4-13(17)2)12-20(28)25-18-9-16(22)7-5-14(18)10-23/h4-9H,3,11-12H2,1-2H3,(H,24,27)(H,25,28). The molecule has 6 nitrogen and oxygen atoms in total. The van der Waals surface area contributed by atoms with Gasteiger partial charge in [-0.2, -0.15) is 5.26 Å². The van der Waals surface area contributed by atoms with Crippen molar-refractivity contribution < 1.29 is 9.59 Å². The first-order valence-electron chi connectivity index (χ1n) is 8.60. The first-order valence-corrected chi connectivity index (χ1v) is 9.35. The van der Waals surface area contributed by atoms with Gasteiger partial charge < -0.3 is 10.6 Å². The molecule has 2 rings (SSSR count). The van der Waals surface area contributed by atoms with Gasteiger partial charge in [0.15, 0.2) is 0 Å². The average molecular weight is 419 g/mol. The molecule has 0 aliphatic rings. The van der Waals surface area contributed by atoms with E-state index in [-0.39, 0.29) is 24.9 Å². The van der Waals surface area contributed by atoms with Crippen molar-refractivity contribution in [1.82, 2.24) is 4.90 Å². The van der Waals surface area contributed by atoms with Crippen molar-refractivity contribution in [2.45, 2.75) is 13.8 Å². The molecule has 2 aromatic rings. The minimum Gasteiger partial charge on any atom is -0.325 e. The van der Waals surface area contributed by atoms with E-state index in [1.165, 1.54) is 12.1 Å². The van der Waals surface area contributed by atoms with Gasteiger partial charge in [0.25, 0.3) is 0 Å². The summed E-state index contributed by atoms with van der Waals surface area (Å²) in [5.41, 5.74) is 2.18. The third-order valence-corrected chi connectivity index (χ3v) is 4.50. The third-order valence-electron chi connectivity index (χ3n) is 4.03. The van der Waals surface area contributed by atoms with E-state index in [1.54, 1.807) is 23.1 Å². The molecular formula is C20H20Cl2N4O2. The van der Waals surface area contributed by atoms with E-state index in [0.29, 0.717) is 33.5 Å². The fourth-order valence-corrected chi connectivity index (χ4v) is 2.86. The van der Waals surface area contributed by atoms with Crippen molar-refractivity contribution in [2.75, 3.05) is 30.3 Å². The molecule has 0 saturated heterocycles. The van der Waals surface area contributed by atoms with Crippen LogP contribution in [0.3, 0.4) is 0 Å². The molecule has 0 aliphatic carbocycles. The highest BCUT2D eigenvalue weighted by Crippen LogP contribution is 2.21. The molecule has 0 atom stereocenters. The molecule has 0 bridgehead atoms. The number of benzene rings is 2. The smallest absolute Gasteiger partial charge is 0.238 e. The van der Waals surface area contributed by atoms with E-state index >= 15 is 0 Å². The summed E-state index contributed by atoms with van der Waals surface area (Å²) in [7, 11) is 0. The lowest BCUT2D eigenvalue weighted by Gasteiger charge is -2.20. The molecule has 2 aromatic carbocycles. The Morgan fingerprint density at radius 3 is 2.11 bits per heavy atom. The van der Waals surface area contributed by atoms with Crippen molar-refractivity contribution in [3.63, 3.8) is 0 Å². The molecule has 0 aromatic heterocycles. The molecule has 0 saturated carbocycles. The van der Waals surface area contributed by atoms with E-state index in [1.807, 2.05) is 26.0 Å². The molecular weight excluding hydrogens is 399 g/mol. The number of rotatable bonds is 7. The van der Waals surface area contributed by atoms with Gasteiger partial charge in [0.05, 0.1) is 24.3 Å². The summed E-state index contributed by atoms with van der Waals surface area (Å²) in [4.78, 5) is 26.4. The highest BCUT2D eigenvalue weighted by atomic mass is 35.5. The van der Waals surface area contributed by atoms with Crippen LogP contribution in [0.4, 0.5) is 11.4 Å². The summed E-state index contributed by atoms with van der Waals surface area (Å²) in [5, 5.41) is 15.6. The van der Waals surface area contributed by atoms with Gasteiger partial charge in [-0.3, -0.25) is 14.5 Å². The number of nitriles is 1. The number of carbonyl (C=O) groups excluding carboxylic acids is 2. The Hall–Kier alpha value is -2.59. The summed E-state index contributed by atoms with van der Waals surface area (Å²) in [6.07, 6.45) is 0. The SMILES string of the molecule is CCN(CC(=O)Nc1cc(Cl)ccc1C)CC(=O)Nc1cc(Cl)ccc1C#N. The fraction of sp³-hybridized carbons (Fsp3) is 0.250. The van der Waals surface area contributed by atoms with E-state index in [9.17, 15) is 9.59 Å².